The predicted molar refractivity (Wildman–Crippen MR) is 128 cm³/mol. The van der Waals surface area contributed by atoms with Crippen molar-refractivity contribution < 1.29 is 9.47 Å². The van der Waals surface area contributed by atoms with E-state index >= 15 is 0 Å². The first-order chi connectivity index (χ1) is 15.3. The van der Waals surface area contributed by atoms with Crippen molar-refractivity contribution in [3.63, 3.8) is 0 Å². The maximum atomic E-state index is 6.24. The van der Waals surface area contributed by atoms with Gasteiger partial charge in [-0.3, -0.25) is 0 Å². The summed E-state index contributed by atoms with van der Waals surface area (Å²) >= 11 is 0. The Kier molecular flexibility index (Phi) is 7.57. The van der Waals surface area contributed by atoms with Crippen molar-refractivity contribution in [3.05, 3.63) is 84.5 Å². The van der Waals surface area contributed by atoms with Crippen LogP contribution >= 0.6 is 0 Å². The van der Waals surface area contributed by atoms with Crippen LogP contribution in [0.4, 0.5) is 11.4 Å². The first-order valence-electron chi connectivity index (χ1n) is 11.5. The number of hydrogen-bond donors (Lipinski definition) is 0. The number of ether oxygens (including phenoxy) is 2. The summed E-state index contributed by atoms with van der Waals surface area (Å²) < 4.78 is 12.0. The van der Waals surface area contributed by atoms with E-state index in [4.69, 9.17) is 9.47 Å². The summed E-state index contributed by atoms with van der Waals surface area (Å²) in [5.41, 5.74) is 3.63. The standard InChI is InChI=1S/C27H34N2O2/c1-30-27(31-22-21-28-19-9-4-10-20-28)17-15-24(16-18-27)23-29(25-11-5-2-6-12-25)26-13-7-3-8-14-26/h2-3,5-8,11-17H,4,9-10,18-23H2,1H3. The normalized spacial score (nSPS) is 21.6. The van der Waals surface area contributed by atoms with E-state index in [1.54, 1.807) is 7.11 Å². The average Bonchev–Trinajstić information content (AvgIpc) is 2.85. The van der Waals surface area contributed by atoms with Crippen LogP contribution in [0.2, 0.25) is 0 Å². The molecular formula is C27H34N2O2. The zero-order chi connectivity index (χ0) is 21.4. The average molecular weight is 419 g/mol. The van der Waals surface area contributed by atoms with Crippen LogP contribution in [0.1, 0.15) is 25.7 Å². The number of nitrogens with zero attached hydrogens (tertiary/aromatic N) is 2. The second-order valence-corrected chi connectivity index (χ2v) is 8.34. The zero-order valence-corrected chi connectivity index (χ0v) is 18.6. The third-order valence-corrected chi connectivity index (χ3v) is 6.22. The monoisotopic (exact) mass is 418 g/mol. The number of methoxy groups -OCH3 is 1. The van der Waals surface area contributed by atoms with E-state index in [1.807, 2.05) is 0 Å². The molecule has 2 aromatic carbocycles. The van der Waals surface area contributed by atoms with Gasteiger partial charge in [-0.1, -0.05) is 55.0 Å². The summed E-state index contributed by atoms with van der Waals surface area (Å²) in [6.07, 6.45) is 11.2. The quantitative estimate of drug-likeness (QED) is 0.498. The molecule has 0 saturated carbocycles. The maximum absolute atomic E-state index is 6.24. The summed E-state index contributed by atoms with van der Waals surface area (Å²) in [5.74, 6) is -0.649. The number of rotatable bonds is 9. The van der Waals surface area contributed by atoms with E-state index in [1.165, 1.54) is 49.3 Å². The highest BCUT2D eigenvalue weighted by Gasteiger charge is 2.29. The molecule has 1 aliphatic carbocycles. The minimum absolute atomic E-state index is 0.649. The number of benzene rings is 2. The van der Waals surface area contributed by atoms with Crippen LogP contribution in [0.3, 0.4) is 0 Å². The van der Waals surface area contributed by atoms with Gasteiger partial charge in [0.1, 0.15) is 0 Å². The van der Waals surface area contributed by atoms with E-state index in [0.29, 0.717) is 6.61 Å². The van der Waals surface area contributed by atoms with Crippen molar-refractivity contribution in [2.45, 2.75) is 31.5 Å². The molecular weight excluding hydrogens is 384 g/mol. The first-order valence-corrected chi connectivity index (χ1v) is 11.5. The zero-order valence-electron chi connectivity index (χ0n) is 18.6. The molecule has 1 saturated heterocycles. The van der Waals surface area contributed by atoms with E-state index in [0.717, 1.165) is 19.5 Å². The minimum Gasteiger partial charge on any atom is -0.349 e. The minimum atomic E-state index is -0.649. The fourth-order valence-electron chi connectivity index (χ4n) is 4.34. The molecule has 1 aliphatic heterocycles. The van der Waals surface area contributed by atoms with Crippen LogP contribution in [0.15, 0.2) is 84.5 Å². The molecule has 0 N–H and O–H groups in total. The molecule has 4 heteroatoms. The Balaban J connectivity index is 1.39. The molecule has 4 rings (SSSR count). The molecule has 0 aromatic heterocycles. The van der Waals surface area contributed by atoms with E-state index in [-0.39, 0.29) is 0 Å². The topological polar surface area (TPSA) is 24.9 Å². The third-order valence-electron chi connectivity index (χ3n) is 6.22. The van der Waals surface area contributed by atoms with Gasteiger partial charge in [-0.05, 0) is 61.8 Å². The van der Waals surface area contributed by atoms with Gasteiger partial charge in [0.25, 0.3) is 0 Å². The summed E-state index contributed by atoms with van der Waals surface area (Å²) in [6.45, 7) is 4.86. The van der Waals surface area contributed by atoms with Crippen molar-refractivity contribution in [1.29, 1.82) is 0 Å². The van der Waals surface area contributed by atoms with Crippen molar-refractivity contribution >= 4 is 11.4 Å². The van der Waals surface area contributed by atoms with Crippen LogP contribution in [-0.2, 0) is 9.47 Å². The molecule has 4 nitrogen and oxygen atoms in total. The van der Waals surface area contributed by atoms with E-state index in [2.05, 4.69) is 88.7 Å². The summed E-state index contributed by atoms with van der Waals surface area (Å²) in [6, 6.07) is 21.1. The van der Waals surface area contributed by atoms with Crippen LogP contribution in [-0.4, -0.2) is 50.6 Å². The number of piperidine rings is 1. The summed E-state index contributed by atoms with van der Waals surface area (Å²) in [7, 11) is 1.74. The van der Waals surface area contributed by atoms with Crippen LogP contribution in [0.5, 0.6) is 0 Å². The number of likely N-dealkylation sites (tertiary alicyclic amines) is 1. The largest absolute Gasteiger partial charge is 0.349 e. The molecule has 1 fully saturated rings. The van der Waals surface area contributed by atoms with Crippen molar-refractivity contribution in [2.24, 2.45) is 0 Å². The number of hydrogen-bond acceptors (Lipinski definition) is 4. The Hall–Kier alpha value is -2.40. The molecule has 31 heavy (non-hydrogen) atoms. The lowest BCUT2D eigenvalue weighted by molar-refractivity contribution is -0.188. The lowest BCUT2D eigenvalue weighted by atomic mass is 10.0. The smallest absolute Gasteiger partial charge is 0.191 e. The Bertz CT molecular complexity index is 820. The molecule has 0 radical (unpaired) electrons. The molecule has 0 spiro atoms. The van der Waals surface area contributed by atoms with Gasteiger partial charge in [-0.15, -0.1) is 0 Å². The van der Waals surface area contributed by atoms with Crippen molar-refractivity contribution in [3.8, 4) is 0 Å². The van der Waals surface area contributed by atoms with Gasteiger partial charge in [0.15, 0.2) is 5.79 Å². The lowest BCUT2D eigenvalue weighted by Gasteiger charge is -2.34. The van der Waals surface area contributed by atoms with Crippen LogP contribution in [0.25, 0.3) is 0 Å². The molecule has 1 heterocycles. The van der Waals surface area contributed by atoms with Gasteiger partial charge < -0.3 is 19.3 Å². The van der Waals surface area contributed by atoms with Gasteiger partial charge in [0, 0.05) is 38.0 Å². The van der Waals surface area contributed by atoms with Crippen molar-refractivity contribution in [2.75, 3.05) is 44.8 Å². The summed E-state index contributed by atoms with van der Waals surface area (Å²) in [5, 5.41) is 0. The van der Waals surface area contributed by atoms with E-state index < -0.39 is 5.79 Å². The molecule has 2 aliphatic rings. The predicted octanol–water partition coefficient (Wildman–Crippen LogP) is 5.56. The van der Waals surface area contributed by atoms with E-state index in [9.17, 15) is 0 Å². The Labute approximate surface area is 186 Å². The second-order valence-electron chi connectivity index (χ2n) is 8.34. The highest BCUT2D eigenvalue weighted by atomic mass is 16.7. The van der Waals surface area contributed by atoms with Crippen LogP contribution in [0, 0.1) is 0 Å². The number of anilines is 2. The molecule has 2 aromatic rings. The van der Waals surface area contributed by atoms with Crippen molar-refractivity contribution in [1.82, 2.24) is 4.90 Å². The Morgan fingerprint density at radius 2 is 1.55 bits per heavy atom. The molecule has 164 valence electrons. The fourth-order valence-corrected chi connectivity index (χ4v) is 4.34. The third kappa shape index (κ3) is 5.85. The highest BCUT2D eigenvalue weighted by Crippen LogP contribution is 2.30. The molecule has 0 bridgehead atoms. The Morgan fingerprint density at radius 3 is 2.10 bits per heavy atom. The summed E-state index contributed by atoms with van der Waals surface area (Å²) in [4.78, 5) is 4.84. The van der Waals surface area contributed by atoms with Gasteiger partial charge >= 0.3 is 0 Å². The molecule has 0 amide bonds. The second kappa shape index (κ2) is 10.8. The maximum Gasteiger partial charge on any atom is 0.191 e. The SMILES string of the molecule is COC1(OCCN2CCCCC2)C=CC(CN(c2ccccc2)c2ccccc2)=CC1. The first kappa shape index (κ1) is 21.8. The van der Waals surface area contributed by atoms with Gasteiger partial charge in [-0.25, -0.2) is 0 Å². The fraction of sp³-hybridized carbons (Fsp3) is 0.407. The molecule has 1 atom stereocenters. The lowest BCUT2D eigenvalue weighted by Crippen LogP contribution is -2.38. The van der Waals surface area contributed by atoms with Crippen LogP contribution < -0.4 is 4.90 Å². The number of para-hydroxylation sites is 2. The van der Waals surface area contributed by atoms with Gasteiger partial charge in [0.05, 0.1) is 6.61 Å². The van der Waals surface area contributed by atoms with Gasteiger partial charge in [-0.2, -0.15) is 0 Å². The molecule has 1 unspecified atom stereocenters. The Morgan fingerprint density at radius 1 is 0.903 bits per heavy atom. The van der Waals surface area contributed by atoms with Gasteiger partial charge in [0.2, 0.25) is 0 Å². The highest BCUT2D eigenvalue weighted by molar-refractivity contribution is 5.64.